The van der Waals surface area contributed by atoms with Crippen LogP contribution in [0, 0.1) is 0 Å². The highest BCUT2D eigenvalue weighted by molar-refractivity contribution is 7.22. The smallest absolute Gasteiger partial charge is 0.224 e. The molecule has 1 aliphatic rings. The minimum absolute atomic E-state index is 0.331. The molecule has 4 rings (SSSR count). The Kier molecular flexibility index (Phi) is 4.65. The van der Waals surface area contributed by atoms with Crippen LogP contribution in [0.4, 0.5) is 16.9 Å². The normalized spacial score (nSPS) is 17.6. The van der Waals surface area contributed by atoms with Gasteiger partial charge in [-0.1, -0.05) is 23.5 Å². The summed E-state index contributed by atoms with van der Waals surface area (Å²) in [6.45, 7) is 4.89. The third-order valence-corrected chi connectivity index (χ3v) is 5.42. The van der Waals surface area contributed by atoms with Gasteiger partial charge < -0.3 is 15.5 Å². The summed E-state index contributed by atoms with van der Waals surface area (Å²) in [6.07, 6.45) is 4.05. The molecule has 1 fully saturated rings. The maximum absolute atomic E-state index is 4.79. The summed E-state index contributed by atoms with van der Waals surface area (Å²) >= 11 is 1.77. The predicted octanol–water partition coefficient (Wildman–Crippen LogP) is 3.60. The molecule has 3 aromatic rings. The highest BCUT2D eigenvalue weighted by atomic mass is 32.1. The summed E-state index contributed by atoms with van der Waals surface area (Å²) < 4.78 is 1.24. The molecule has 6 nitrogen and oxygen atoms in total. The van der Waals surface area contributed by atoms with Crippen molar-refractivity contribution in [3.05, 3.63) is 36.5 Å². The van der Waals surface area contributed by atoms with Crippen LogP contribution in [0.1, 0.15) is 19.8 Å². The zero-order chi connectivity index (χ0) is 17.1. The van der Waals surface area contributed by atoms with Crippen LogP contribution in [0.5, 0.6) is 0 Å². The van der Waals surface area contributed by atoms with E-state index in [4.69, 9.17) is 4.98 Å². The van der Waals surface area contributed by atoms with Crippen LogP contribution in [0.2, 0.25) is 0 Å². The molecule has 7 heteroatoms. The fourth-order valence-corrected chi connectivity index (χ4v) is 4.15. The largest absolute Gasteiger partial charge is 0.370 e. The van der Waals surface area contributed by atoms with Gasteiger partial charge in [0.2, 0.25) is 5.95 Å². The molecule has 1 aliphatic heterocycles. The second-order valence-corrected chi connectivity index (χ2v) is 7.20. The van der Waals surface area contributed by atoms with Gasteiger partial charge in [0.05, 0.1) is 10.2 Å². The van der Waals surface area contributed by atoms with Gasteiger partial charge in [0.15, 0.2) is 5.13 Å². The van der Waals surface area contributed by atoms with Crippen molar-refractivity contribution in [2.45, 2.75) is 25.8 Å². The molecule has 0 aliphatic carbocycles. The van der Waals surface area contributed by atoms with Crippen molar-refractivity contribution in [2.75, 3.05) is 35.2 Å². The first kappa shape index (κ1) is 16.1. The molecule has 0 spiro atoms. The maximum Gasteiger partial charge on any atom is 0.224 e. The minimum Gasteiger partial charge on any atom is -0.370 e. The van der Waals surface area contributed by atoms with Gasteiger partial charge in [-0.3, -0.25) is 0 Å². The van der Waals surface area contributed by atoms with E-state index < -0.39 is 0 Å². The van der Waals surface area contributed by atoms with Gasteiger partial charge in [0.1, 0.15) is 5.82 Å². The van der Waals surface area contributed by atoms with E-state index in [-0.39, 0.29) is 0 Å². The average Bonchev–Trinajstić information content (AvgIpc) is 3.07. The number of aromatic nitrogens is 3. The summed E-state index contributed by atoms with van der Waals surface area (Å²) in [5.41, 5.74) is 1.08. The van der Waals surface area contributed by atoms with Crippen molar-refractivity contribution < 1.29 is 0 Å². The van der Waals surface area contributed by atoms with E-state index in [0.717, 1.165) is 48.9 Å². The van der Waals surface area contributed by atoms with Gasteiger partial charge in [-0.15, -0.1) is 0 Å². The van der Waals surface area contributed by atoms with Gasteiger partial charge in [-0.05, 0) is 38.0 Å². The first-order chi connectivity index (χ1) is 12.3. The molecule has 2 N–H and O–H groups in total. The van der Waals surface area contributed by atoms with Crippen LogP contribution in [0.25, 0.3) is 10.2 Å². The lowest BCUT2D eigenvalue weighted by Crippen LogP contribution is -2.42. The van der Waals surface area contributed by atoms with Crippen molar-refractivity contribution >= 4 is 38.5 Å². The zero-order valence-electron chi connectivity index (χ0n) is 14.3. The number of nitrogens with one attached hydrogen (secondary N) is 2. The monoisotopic (exact) mass is 354 g/mol. The van der Waals surface area contributed by atoms with Gasteiger partial charge in [-0.2, -0.15) is 4.98 Å². The number of hydrogen-bond acceptors (Lipinski definition) is 7. The molecule has 25 heavy (non-hydrogen) atoms. The number of fused-ring (bicyclic) bond motifs is 1. The average molecular weight is 354 g/mol. The molecule has 0 amide bonds. The Balaban J connectivity index is 1.46. The third kappa shape index (κ3) is 3.66. The molecule has 1 saturated heterocycles. The Hall–Kier alpha value is -2.41. The summed E-state index contributed by atoms with van der Waals surface area (Å²) in [6, 6.07) is 10.5. The number of anilines is 3. The fraction of sp³-hybridized carbons (Fsp3) is 0.389. The molecule has 3 heterocycles. The molecule has 0 unspecified atom stereocenters. The van der Waals surface area contributed by atoms with Crippen LogP contribution < -0.4 is 15.5 Å². The molecule has 0 bridgehead atoms. The molecular weight excluding hydrogens is 332 g/mol. The third-order valence-electron chi connectivity index (χ3n) is 4.32. The van der Waals surface area contributed by atoms with Crippen LogP contribution in [-0.4, -0.2) is 40.6 Å². The Bertz CT molecular complexity index is 815. The highest BCUT2D eigenvalue weighted by Gasteiger charge is 2.23. The second kappa shape index (κ2) is 7.23. The number of rotatable bonds is 5. The summed E-state index contributed by atoms with van der Waals surface area (Å²) in [5, 5.41) is 7.82. The molecular formula is C18H22N6S. The van der Waals surface area contributed by atoms with Gasteiger partial charge in [0, 0.05) is 31.9 Å². The van der Waals surface area contributed by atoms with E-state index in [0.29, 0.717) is 12.0 Å². The number of benzene rings is 1. The first-order valence-electron chi connectivity index (χ1n) is 8.76. The minimum atomic E-state index is 0.331. The van der Waals surface area contributed by atoms with Crippen LogP contribution in [0.3, 0.4) is 0 Å². The van der Waals surface area contributed by atoms with Crippen molar-refractivity contribution in [3.63, 3.8) is 0 Å². The number of para-hydroxylation sites is 1. The van der Waals surface area contributed by atoms with Crippen molar-refractivity contribution in [2.24, 2.45) is 0 Å². The molecule has 130 valence electrons. The molecule has 1 aromatic carbocycles. The number of nitrogens with zero attached hydrogens (tertiary/aromatic N) is 4. The maximum atomic E-state index is 4.79. The molecule has 1 atom stereocenters. The Morgan fingerprint density at radius 3 is 3.04 bits per heavy atom. The SMILES string of the molecule is CCNc1ccnc(N[C@H]2CCCN(c3nc4ccccc4s3)C2)n1. The first-order valence-corrected chi connectivity index (χ1v) is 9.57. The van der Waals surface area contributed by atoms with E-state index in [2.05, 4.69) is 50.6 Å². The number of thiazole rings is 1. The highest BCUT2D eigenvalue weighted by Crippen LogP contribution is 2.30. The van der Waals surface area contributed by atoms with Crippen LogP contribution in [0.15, 0.2) is 36.5 Å². The lowest BCUT2D eigenvalue weighted by Gasteiger charge is -2.32. The fourth-order valence-electron chi connectivity index (χ4n) is 3.15. The Morgan fingerprint density at radius 1 is 1.24 bits per heavy atom. The topological polar surface area (TPSA) is 66.0 Å². The van der Waals surface area contributed by atoms with E-state index in [1.165, 1.54) is 4.70 Å². The summed E-state index contributed by atoms with van der Waals surface area (Å²) in [7, 11) is 0. The van der Waals surface area contributed by atoms with Gasteiger partial charge >= 0.3 is 0 Å². The number of piperidine rings is 1. The summed E-state index contributed by atoms with van der Waals surface area (Å²) in [5.74, 6) is 1.55. The molecule has 2 aromatic heterocycles. The Labute approximate surface area is 151 Å². The standard InChI is InChI=1S/C18H22N6S/c1-2-19-16-9-10-20-17(23-16)21-13-6-5-11-24(12-13)18-22-14-7-3-4-8-15(14)25-18/h3-4,7-10,13H,2,5-6,11-12H2,1H3,(H2,19,20,21,23)/t13-/m0/s1. The number of hydrogen-bond donors (Lipinski definition) is 2. The van der Waals surface area contributed by atoms with E-state index in [1.54, 1.807) is 17.5 Å². The van der Waals surface area contributed by atoms with Crippen LogP contribution >= 0.6 is 11.3 Å². The van der Waals surface area contributed by atoms with Crippen molar-refractivity contribution in [3.8, 4) is 0 Å². The molecule has 0 radical (unpaired) electrons. The zero-order valence-corrected chi connectivity index (χ0v) is 15.1. The predicted molar refractivity (Wildman–Crippen MR) is 105 cm³/mol. The Morgan fingerprint density at radius 2 is 2.16 bits per heavy atom. The van der Waals surface area contributed by atoms with Gasteiger partial charge in [0.25, 0.3) is 0 Å². The second-order valence-electron chi connectivity index (χ2n) is 6.19. The summed E-state index contributed by atoms with van der Waals surface area (Å²) in [4.78, 5) is 16.0. The van der Waals surface area contributed by atoms with E-state index in [1.807, 2.05) is 12.1 Å². The lowest BCUT2D eigenvalue weighted by molar-refractivity contribution is 0.527. The van der Waals surface area contributed by atoms with E-state index in [9.17, 15) is 0 Å². The van der Waals surface area contributed by atoms with Crippen LogP contribution in [-0.2, 0) is 0 Å². The van der Waals surface area contributed by atoms with Crippen molar-refractivity contribution in [1.82, 2.24) is 15.0 Å². The lowest BCUT2D eigenvalue weighted by atomic mass is 10.1. The van der Waals surface area contributed by atoms with E-state index >= 15 is 0 Å². The quantitative estimate of drug-likeness (QED) is 0.730. The molecule has 0 saturated carbocycles. The van der Waals surface area contributed by atoms with Gasteiger partial charge in [-0.25, -0.2) is 9.97 Å². The van der Waals surface area contributed by atoms with Crippen molar-refractivity contribution in [1.29, 1.82) is 0 Å².